The van der Waals surface area contributed by atoms with E-state index in [1.54, 1.807) is 31.2 Å². The molecular formula is C16H13ClFNO. The fourth-order valence-electron chi connectivity index (χ4n) is 1.94. The fourth-order valence-corrected chi connectivity index (χ4v) is 2.16. The summed E-state index contributed by atoms with van der Waals surface area (Å²) in [6.45, 7) is 3.50. The molecule has 1 aromatic heterocycles. The maximum Gasteiger partial charge on any atom is 0.192 e. The van der Waals surface area contributed by atoms with E-state index in [4.69, 9.17) is 11.6 Å². The number of rotatable bonds is 3. The number of ketones is 1. The van der Waals surface area contributed by atoms with Crippen molar-refractivity contribution in [3.63, 3.8) is 0 Å². The summed E-state index contributed by atoms with van der Waals surface area (Å²) in [5.41, 5.74) is 0.493. The molecule has 102 valence electrons. The Morgan fingerprint density at radius 2 is 2.05 bits per heavy atom. The van der Waals surface area contributed by atoms with Gasteiger partial charge in [0.25, 0.3) is 0 Å². The van der Waals surface area contributed by atoms with Crippen LogP contribution in [0.1, 0.15) is 24.2 Å². The van der Waals surface area contributed by atoms with E-state index in [9.17, 15) is 9.18 Å². The van der Waals surface area contributed by atoms with Crippen molar-refractivity contribution in [2.45, 2.75) is 13.8 Å². The lowest BCUT2D eigenvalue weighted by Gasteiger charge is -2.08. The second-order valence-corrected chi connectivity index (χ2v) is 4.68. The van der Waals surface area contributed by atoms with Gasteiger partial charge in [-0.15, -0.1) is 0 Å². The number of carbonyl (C=O) groups excluding carboxylic acids is 1. The summed E-state index contributed by atoms with van der Waals surface area (Å²) in [6.07, 6.45) is 6.66. The van der Waals surface area contributed by atoms with Crippen molar-refractivity contribution >= 4 is 28.2 Å². The molecule has 0 radical (unpaired) electrons. The minimum Gasteiger partial charge on any atom is -0.289 e. The van der Waals surface area contributed by atoms with Crippen molar-refractivity contribution in [1.82, 2.24) is 4.98 Å². The first-order valence-corrected chi connectivity index (χ1v) is 6.51. The fraction of sp³-hybridized carbons (Fsp3) is 0.125. The van der Waals surface area contributed by atoms with Gasteiger partial charge >= 0.3 is 0 Å². The first-order chi connectivity index (χ1) is 9.56. The SMILES string of the molecule is C/C=C\C=C(/C)C(=O)c1c(F)ccc2c(Cl)nccc12. The normalized spacial score (nSPS) is 12.3. The zero-order chi connectivity index (χ0) is 14.7. The maximum atomic E-state index is 14.1. The quantitative estimate of drug-likeness (QED) is 0.354. The summed E-state index contributed by atoms with van der Waals surface area (Å²) in [6, 6.07) is 4.37. The third kappa shape index (κ3) is 2.63. The summed E-state index contributed by atoms with van der Waals surface area (Å²) in [7, 11) is 0. The van der Waals surface area contributed by atoms with Crippen LogP contribution in [0.3, 0.4) is 0 Å². The second-order valence-electron chi connectivity index (χ2n) is 4.32. The van der Waals surface area contributed by atoms with E-state index < -0.39 is 5.82 Å². The third-order valence-electron chi connectivity index (χ3n) is 2.97. The third-order valence-corrected chi connectivity index (χ3v) is 3.27. The smallest absolute Gasteiger partial charge is 0.192 e. The van der Waals surface area contributed by atoms with Crippen LogP contribution in [0.15, 0.2) is 48.2 Å². The Hall–Kier alpha value is -2.00. The molecule has 2 rings (SSSR count). The maximum absolute atomic E-state index is 14.1. The molecular weight excluding hydrogens is 277 g/mol. The number of benzene rings is 1. The highest BCUT2D eigenvalue weighted by Crippen LogP contribution is 2.27. The highest BCUT2D eigenvalue weighted by Gasteiger charge is 2.18. The Kier molecular flexibility index (Phi) is 4.30. The van der Waals surface area contributed by atoms with Crippen LogP contribution in [0.2, 0.25) is 5.15 Å². The molecule has 0 amide bonds. The lowest BCUT2D eigenvalue weighted by atomic mass is 9.98. The van der Waals surface area contributed by atoms with Crippen LogP contribution in [0, 0.1) is 5.82 Å². The Bertz CT molecular complexity index is 735. The summed E-state index contributed by atoms with van der Waals surface area (Å²) in [5, 5.41) is 1.30. The monoisotopic (exact) mass is 289 g/mol. The van der Waals surface area contributed by atoms with E-state index >= 15 is 0 Å². The Morgan fingerprint density at radius 3 is 2.75 bits per heavy atom. The molecule has 20 heavy (non-hydrogen) atoms. The van der Waals surface area contributed by atoms with Crippen LogP contribution in [0.25, 0.3) is 10.8 Å². The van der Waals surface area contributed by atoms with Gasteiger partial charge in [-0.1, -0.05) is 29.8 Å². The van der Waals surface area contributed by atoms with E-state index in [-0.39, 0.29) is 16.5 Å². The van der Waals surface area contributed by atoms with Crippen molar-refractivity contribution in [2.24, 2.45) is 0 Å². The molecule has 0 aliphatic carbocycles. The van der Waals surface area contributed by atoms with Crippen molar-refractivity contribution in [1.29, 1.82) is 0 Å². The van der Waals surface area contributed by atoms with Gasteiger partial charge in [-0.2, -0.15) is 0 Å². The lowest BCUT2D eigenvalue weighted by molar-refractivity contribution is 0.103. The molecule has 0 unspecified atom stereocenters. The number of hydrogen-bond donors (Lipinski definition) is 0. The van der Waals surface area contributed by atoms with Gasteiger partial charge in [-0.05, 0) is 37.6 Å². The Balaban J connectivity index is 2.68. The average Bonchev–Trinajstić information content (AvgIpc) is 2.44. The van der Waals surface area contributed by atoms with E-state index in [2.05, 4.69) is 4.98 Å². The van der Waals surface area contributed by atoms with E-state index in [1.165, 1.54) is 18.3 Å². The zero-order valence-electron chi connectivity index (χ0n) is 11.2. The molecule has 0 saturated carbocycles. The largest absolute Gasteiger partial charge is 0.289 e. The number of fused-ring (bicyclic) bond motifs is 1. The van der Waals surface area contributed by atoms with Gasteiger partial charge in [0, 0.05) is 17.0 Å². The van der Waals surface area contributed by atoms with Gasteiger partial charge in [0.15, 0.2) is 5.78 Å². The minimum absolute atomic E-state index is 0.0325. The van der Waals surface area contributed by atoms with Gasteiger partial charge in [-0.25, -0.2) is 9.37 Å². The molecule has 0 N–H and O–H groups in total. The van der Waals surface area contributed by atoms with Crippen molar-refractivity contribution in [3.05, 3.63) is 64.7 Å². The number of pyridine rings is 1. The molecule has 2 nitrogen and oxygen atoms in total. The summed E-state index contributed by atoms with van der Waals surface area (Å²) in [4.78, 5) is 16.3. The topological polar surface area (TPSA) is 30.0 Å². The summed E-state index contributed by atoms with van der Waals surface area (Å²) in [5.74, 6) is -0.911. The molecule has 0 bridgehead atoms. The highest BCUT2D eigenvalue weighted by molar-refractivity contribution is 6.35. The first kappa shape index (κ1) is 14.4. The summed E-state index contributed by atoms with van der Waals surface area (Å²) >= 11 is 5.98. The van der Waals surface area contributed by atoms with Crippen molar-refractivity contribution in [3.8, 4) is 0 Å². The van der Waals surface area contributed by atoms with Gasteiger partial charge in [0.2, 0.25) is 0 Å². The standard InChI is InChI=1S/C16H13ClFNO/c1-3-4-5-10(2)15(20)14-11-8-9-19-16(17)12(11)6-7-13(14)18/h3-9H,1-2H3/b4-3-,10-5+. The number of hydrogen-bond acceptors (Lipinski definition) is 2. The van der Waals surface area contributed by atoms with Crippen molar-refractivity contribution < 1.29 is 9.18 Å². The molecule has 2 aromatic rings. The molecule has 0 fully saturated rings. The molecule has 0 atom stereocenters. The van der Waals surface area contributed by atoms with Crippen LogP contribution < -0.4 is 0 Å². The summed E-state index contributed by atoms with van der Waals surface area (Å²) < 4.78 is 14.1. The molecule has 0 spiro atoms. The van der Waals surface area contributed by atoms with Crippen LogP contribution in [0.4, 0.5) is 4.39 Å². The van der Waals surface area contributed by atoms with Crippen molar-refractivity contribution in [2.75, 3.05) is 0 Å². The van der Waals surface area contributed by atoms with Gasteiger partial charge in [-0.3, -0.25) is 4.79 Å². The van der Waals surface area contributed by atoms with Gasteiger partial charge in [0.05, 0.1) is 5.56 Å². The van der Waals surface area contributed by atoms with E-state index in [0.717, 1.165) is 0 Å². The number of nitrogens with zero attached hydrogens (tertiary/aromatic N) is 1. The molecule has 0 aliphatic heterocycles. The molecule has 0 aliphatic rings. The number of Topliss-reactive ketones (excluding diaryl/α,β-unsaturated/α-hetero) is 1. The molecule has 4 heteroatoms. The highest BCUT2D eigenvalue weighted by atomic mass is 35.5. The number of allylic oxidation sites excluding steroid dienone is 4. The lowest BCUT2D eigenvalue weighted by Crippen LogP contribution is -2.05. The molecule has 1 aromatic carbocycles. The van der Waals surface area contributed by atoms with E-state index in [0.29, 0.717) is 16.3 Å². The number of aromatic nitrogens is 1. The first-order valence-electron chi connectivity index (χ1n) is 6.13. The Morgan fingerprint density at radius 1 is 1.30 bits per heavy atom. The van der Waals surface area contributed by atoms with Crippen LogP contribution in [0.5, 0.6) is 0 Å². The second kappa shape index (κ2) is 5.97. The van der Waals surface area contributed by atoms with Crippen LogP contribution >= 0.6 is 11.6 Å². The Labute approximate surface area is 121 Å². The predicted octanol–water partition coefficient (Wildman–Crippen LogP) is 4.73. The van der Waals surface area contributed by atoms with E-state index in [1.807, 2.05) is 6.92 Å². The zero-order valence-corrected chi connectivity index (χ0v) is 11.9. The molecule has 0 saturated heterocycles. The van der Waals surface area contributed by atoms with Crippen LogP contribution in [-0.4, -0.2) is 10.8 Å². The number of halogens is 2. The van der Waals surface area contributed by atoms with Gasteiger partial charge in [0.1, 0.15) is 11.0 Å². The predicted molar refractivity (Wildman–Crippen MR) is 79.6 cm³/mol. The molecule has 1 heterocycles. The minimum atomic E-state index is -0.557. The van der Waals surface area contributed by atoms with Crippen LogP contribution in [-0.2, 0) is 0 Å². The average molecular weight is 290 g/mol. The van der Waals surface area contributed by atoms with Gasteiger partial charge < -0.3 is 0 Å². The number of carbonyl (C=O) groups is 1.